The minimum atomic E-state index is -0.505. The standard InChI is InChI=1S/C25H18ClIN2O6S/c1-34-21-11-16(10-20(27)23(21)35-14-17-4-2-3-5-19(17)26)12-22-24(30)28(25(31)36-22)13-15-6-8-18(9-7-15)29(32)33/h2-12H,13-14H2,1H3/b22-12+. The Morgan fingerprint density at radius 2 is 1.86 bits per heavy atom. The molecule has 3 aromatic rings. The summed E-state index contributed by atoms with van der Waals surface area (Å²) in [5.41, 5.74) is 2.06. The van der Waals surface area contributed by atoms with Crippen LogP contribution >= 0.6 is 46.0 Å². The Bertz CT molecular complexity index is 1380. The van der Waals surface area contributed by atoms with E-state index in [1.54, 1.807) is 18.2 Å². The Balaban J connectivity index is 1.52. The number of amides is 2. The Hall–Kier alpha value is -3.09. The van der Waals surface area contributed by atoms with E-state index < -0.39 is 16.1 Å². The van der Waals surface area contributed by atoms with Gasteiger partial charge in [0.25, 0.3) is 16.8 Å². The second-order valence-corrected chi connectivity index (χ2v) is 10.2. The van der Waals surface area contributed by atoms with Gasteiger partial charge in [0.05, 0.1) is 27.1 Å². The summed E-state index contributed by atoms with van der Waals surface area (Å²) in [4.78, 5) is 37.2. The third-order valence-electron chi connectivity index (χ3n) is 5.24. The van der Waals surface area contributed by atoms with E-state index in [9.17, 15) is 19.7 Å². The highest BCUT2D eigenvalue weighted by Gasteiger charge is 2.35. The molecule has 0 aliphatic carbocycles. The quantitative estimate of drug-likeness (QED) is 0.118. The Labute approximate surface area is 229 Å². The van der Waals surface area contributed by atoms with Crippen LogP contribution in [0.4, 0.5) is 10.5 Å². The van der Waals surface area contributed by atoms with Crippen molar-refractivity contribution in [2.45, 2.75) is 13.2 Å². The second-order valence-electron chi connectivity index (χ2n) is 7.61. The van der Waals surface area contributed by atoms with Gasteiger partial charge in [0, 0.05) is 22.7 Å². The summed E-state index contributed by atoms with van der Waals surface area (Å²) >= 11 is 9.18. The molecule has 1 fully saturated rings. The molecule has 0 atom stereocenters. The number of nitro benzene ring substituents is 1. The fourth-order valence-electron chi connectivity index (χ4n) is 3.42. The first kappa shape index (κ1) is 26.0. The molecule has 0 saturated carbocycles. The number of carbonyl (C=O) groups is 2. The van der Waals surface area contributed by atoms with Gasteiger partial charge in [-0.1, -0.05) is 41.9 Å². The fourth-order valence-corrected chi connectivity index (χ4v) is 5.23. The molecule has 1 aliphatic rings. The summed E-state index contributed by atoms with van der Waals surface area (Å²) < 4.78 is 12.3. The maximum absolute atomic E-state index is 12.9. The van der Waals surface area contributed by atoms with Gasteiger partial charge < -0.3 is 9.47 Å². The molecule has 2 amide bonds. The van der Waals surface area contributed by atoms with Crippen LogP contribution in [0.25, 0.3) is 6.08 Å². The Morgan fingerprint density at radius 3 is 2.53 bits per heavy atom. The van der Waals surface area contributed by atoms with Crippen LogP contribution in [0.5, 0.6) is 11.5 Å². The predicted molar refractivity (Wildman–Crippen MR) is 146 cm³/mol. The highest BCUT2D eigenvalue weighted by molar-refractivity contribution is 14.1. The molecule has 0 bridgehead atoms. The minimum absolute atomic E-state index is 0.0235. The smallest absolute Gasteiger partial charge is 0.293 e. The number of benzene rings is 3. The molecule has 0 N–H and O–H groups in total. The van der Waals surface area contributed by atoms with E-state index in [0.717, 1.165) is 25.8 Å². The second kappa shape index (κ2) is 11.3. The number of halogens is 2. The van der Waals surface area contributed by atoms with Gasteiger partial charge in [0.15, 0.2) is 11.5 Å². The molecule has 4 rings (SSSR count). The molecule has 11 heteroatoms. The van der Waals surface area contributed by atoms with Gasteiger partial charge >= 0.3 is 0 Å². The third-order valence-corrected chi connectivity index (χ3v) is 7.32. The number of nitrogens with zero attached hydrogens (tertiary/aromatic N) is 2. The van der Waals surface area contributed by atoms with Gasteiger partial charge in [0.2, 0.25) is 0 Å². The van der Waals surface area contributed by atoms with Crippen molar-refractivity contribution < 1.29 is 24.0 Å². The summed E-state index contributed by atoms with van der Waals surface area (Å²) in [6.07, 6.45) is 1.63. The third kappa shape index (κ3) is 5.82. The van der Waals surface area contributed by atoms with Crippen LogP contribution in [0.3, 0.4) is 0 Å². The van der Waals surface area contributed by atoms with Gasteiger partial charge in [0.1, 0.15) is 6.61 Å². The number of thioether (sulfide) groups is 1. The summed E-state index contributed by atoms with van der Waals surface area (Å²) in [6, 6.07) is 16.7. The van der Waals surface area contributed by atoms with Gasteiger partial charge in [-0.25, -0.2) is 0 Å². The number of ether oxygens (including phenoxy) is 2. The Kier molecular flexibility index (Phi) is 8.17. The van der Waals surface area contributed by atoms with E-state index in [-0.39, 0.29) is 23.7 Å². The molecule has 3 aromatic carbocycles. The SMILES string of the molecule is COc1cc(/C=C2/SC(=O)N(Cc3ccc([N+](=O)[O-])cc3)C2=O)cc(I)c1OCc1ccccc1Cl. The first-order valence-corrected chi connectivity index (χ1v) is 12.8. The van der Waals surface area contributed by atoms with Crippen LogP contribution in [-0.2, 0) is 17.9 Å². The first-order valence-electron chi connectivity index (χ1n) is 10.5. The molecule has 0 aromatic heterocycles. The lowest BCUT2D eigenvalue weighted by atomic mass is 10.1. The molecular weight excluding hydrogens is 619 g/mol. The average molecular weight is 637 g/mol. The first-order chi connectivity index (χ1) is 17.3. The number of methoxy groups -OCH3 is 1. The van der Waals surface area contributed by atoms with Crippen LogP contribution in [0.15, 0.2) is 65.6 Å². The van der Waals surface area contributed by atoms with Crippen molar-refractivity contribution in [2.75, 3.05) is 7.11 Å². The van der Waals surface area contributed by atoms with Gasteiger partial charge in [-0.2, -0.15) is 0 Å². The van der Waals surface area contributed by atoms with Gasteiger partial charge in [-0.3, -0.25) is 24.6 Å². The largest absolute Gasteiger partial charge is 0.493 e. The van der Waals surface area contributed by atoms with E-state index in [2.05, 4.69) is 22.6 Å². The van der Waals surface area contributed by atoms with E-state index in [1.165, 1.54) is 31.4 Å². The highest BCUT2D eigenvalue weighted by Crippen LogP contribution is 2.38. The lowest BCUT2D eigenvalue weighted by Crippen LogP contribution is -2.27. The molecule has 1 saturated heterocycles. The van der Waals surface area contributed by atoms with E-state index in [1.807, 2.05) is 24.3 Å². The molecule has 36 heavy (non-hydrogen) atoms. The van der Waals surface area contributed by atoms with Gasteiger partial charge in [-0.05, 0) is 69.8 Å². The van der Waals surface area contributed by atoms with Crippen LogP contribution in [-0.4, -0.2) is 28.1 Å². The Morgan fingerprint density at radius 1 is 1.14 bits per heavy atom. The van der Waals surface area contributed by atoms with Crippen LogP contribution in [0, 0.1) is 13.7 Å². The maximum Gasteiger partial charge on any atom is 0.293 e. The summed E-state index contributed by atoms with van der Waals surface area (Å²) in [7, 11) is 1.52. The fraction of sp³-hybridized carbons (Fsp3) is 0.120. The average Bonchev–Trinajstić information content (AvgIpc) is 3.11. The molecule has 0 spiro atoms. The normalized spacial score (nSPS) is 14.4. The molecule has 0 radical (unpaired) electrons. The zero-order valence-corrected chi connectivity index (χ0v) is 22.5. The lowest BCUT2D eigenvalue weighted by molar-refractivity contribution is -0.384. The number of hydrogen-bond donors (Lipinski definition) is 0. The molecule has 0 unspecified atom stereocenters. The predicted octanol–water partition coefficient (Wildman–Crippen LogP) is 6.68. The van der Waals surface area contributed by atoms with E-state index >= 15 is 0 Å². The van der Waals surface area contributed by atoms with Gasteiger partial charge in [-0.15, -0.1) is 0 Å². The number of hydrogen-bond acceptors (Lipinski definition) is 7. The van der Waals surface area contributed by atoms with Crippen LogP contribution < -0.4 is 9.47 Å². The van der Waals surface area contributed by atoms with E-state index in [0.29, 0.717) is 27.6 Å². The van der Waals surface area contributed by atoms with Crippen molar-refractivity contribution in [2.24, 2.45) is 0 Å². The maximum atomic E-state index is 12.9. The summed E-state index contributed by atoms with van der Waals surface area (Å²) in [5, 5.41) is 11.0. The van der Waals surface area contributed by atoms with Crippen molar-refractivity contribution in [3.63, 3.8) is 0 Å². The number of rotatable bonds is 8. The van der Waals surface area contributed by atoms with Crippen LogP contribution in [0.1, 0.15) is 16.7 Å². The van der Waals surface area contributed by atoms with Crippen molar-refractivity contribution in [3.8, 4) is 11.5 Å². The number of nitro groups is 1. The van der Waals surface area contributed by atoms with Crippen molar-refractivity contribution in [3.05, 3.63) is 101 Å². The van der Waals surface area contributed by atoms with Crippen molar-refractivity contribution >= 4 is 68.9 Å². The minimum Gasteiger partial charge on any atom is -0.493 e. The summed E-state index contributed by atoms with van der Waals surface area (Å²) in [6.45, 7) is 0.280. The van der Waals surface area contributed by atoms with Crippen LogP contribution in [0.2, 0.25) is 5.02 Å². The number of imide groups is 1. The summed E-state index contributed by atoms with van der Waals surface area (Å²) in [5.74, 6) is 0.586. The molecule has 1 aliphatic heterocycles. The van der Waals surface area contributed by atoms with E-state index in [4.69, 9.17) is 21.1 Å². The topological polar surface area (TPSA) is 99.0 Å². The molecule has 1 heterocycles. The zero-order valence-electron chi connectivity index (χ0n) is 18.8. The number of carbonyl (C=O) groups excluding carboxylic acids is 2. The number of non-ortho nitro benzene ring substituents is 1. The van der Waals surface area contributed by atoms with Crippen molar-refractivity contribution in [1.82, 2.24) is 4.90 Å². The molecule has 8 nitrogen and oxygen atoms in total. The molecular formula is C25H18ClIN2O6S. The monoisotopic (exact) mass is 636 g/mol. The highest BCUT2D eigenvalue weighted by atomic mass is 127. The van der Waals surface area contributed by atoms with Crippen molar-refractivity contribution in [1.29, 1.82) is 0 Å². The zero-order chi connectivity index (χ0) is 25.8. The lowest BCUT2D eigenvalue weighted by Gasteiger charge is -2.14. The molecule has 184 valence electrons.